The van der Waals surface area contributed by atoms with E-state index >= 15 is 0 Å². The lowest BCUT2D eigenvalue weighted by atomic mass is 10.1. The molecule has 25 heavy (non-hydrogen) atoms. The summed E-state index contributed by atoms with van der Waals surface area (Å²) < 4.78 is 16.9. The maximum Gasteiger partial charge on any atom is 0.246 e. The van der Waals surface area contributed by atoms with E-state index in [4.69, 9.17) is 14.2 Å². The smallest absolute Gasteiger partial charge is 0.246 e. The summed E-state index contributed by atoms with van der Waals surface area (Å²) in [5.41, 5.74) is 1.92. The van der Waals surface area contributed by atoms with E-state index < -0.39 is 0 Å². The summed E-state index contributed by atoms with van der Waals surface area (Å²) in [5, 5.41) is 2.91. The van der Waals surface area contributed by atoms with Crippen molar-refractivity contribution < 1.29 is 19.0 Å². The lowest BCUT2D eigenvalue weighted by Gasteiger charge is -2.18. The topological polar surface area (TPSA) is 56.8 Å². The van der Waals surface area contributed by atoms with Crippen molar-refractivity contribution >= 4 is 21.8 Å². The number of hydrogen-bond donors (Lipinski definition) is 1. The van der Waals surface area contributed by atoms with Gasteiger partial charge in [-0.25, -0.2) is 0 Å². The maximum absolute atomic E-state index is 12.1. The average molecular weight is 408 g/mol. The summed E-state index contributed by atoms with van der Waals surface area (Å²) in [7, 11) is 3.17. The monoisotopic (exact) mass is 407 g/mol. The molecule has 2 rings (SSSR count). The Balaban J connectivity index is 1.92. The van der Waals surface area contributed by atoms with Gasteiger partial charge in [-0.1, -0.05) is 30.3 Å². The van der Waals surface area contributed by atoms with Gasteiger partial charge in [0.2, 0.25) is 5.91 Å². The Labute approximate surface area is 156 Å². The molecule has 0 radical (unpaired) electrons. The van der Waals surface area contributed by atoms with Crippen molar-refractivity contribution in [1.29, 1.82) is 0 Å². The van der Waals surface area contributed by atoms with Crippen molar-refractivity contribution in [3.05, 3.63) is 58.1 Å². The van der Waals surface area contributed by atoms with Crippen LogP contribution >= 0.6 is 15.9 Å². The minimum absolute atomic E-state index is 0.00400. The molecule has 0 aliphatic rings. The first-order valence-electron chi connectivity index (χ1n) is 7.87. The molecule has 2 aromatic carbocycles. The second kappa shape index (κ2) is 9.44. The van der Waals surface area contributed by atoms with Gasteiger partial charge in [-0.2, -0.15) is 0 Å². The highest BCUT2D eigenvalue weighted by atomic mass is 79.9. The maximum atomic E-state index is 12.1. The third kappa shape index (κ3) is 5.47. The molecule has 0 unspecified atom stereocenters. The molecule has 0 saturated carbocycles. The Bertz CT molecular complexity index is 681. The molecule has 6 heteroatoms. The fourth-order valence-electron chi connectivity index (χ4n) is 2.34. The van der Waals surface area contributed by atoms with Gasteiger partial charge in [0.25, 0.3) is 0 Å². The number of halogens is 1. The summed E-state index contributed by atoms with van der Waals surface area (Å²) in [4.78, 5) is 12.1. The number of benzene rings is 2. The first-order valence-corrected chi connectivity index (χ1v) is 8.67. The van der Waals surface area contributed by atoms with Gasteiger partial charge in [-0.3, -0.25) is 4.79 Å². The zero-order valence-electron chi connectivity index (χ0n) is 14.5. The molecule has 0 saturated heterocycles. The summed E-state index contributed by atoms with van der Waals surface area (Å²) in [5.74, 6) is 1.12. The van der Waals surface area contributed by atoms with Crippen LogP contribution in [0.3, 0.4) is 0 Å². The van der Waals surface area contributed by atoms with Crippen LogP contribution in [0.25, 0.3) is 0 Å². The molecule has 1 atom stereocenters. The van der Waals surface area contributed by atoms with Gasteiger partial charge in [-0.05, 0) is 46.1 Å². The summed E-state index contributed by atoms with van der Waals surface area (Å²) in [6, 6.07) is 13.3. The van der Waals surface area contributed by atoms with Gasteiger partial charge >= 0.3 is 0 Å². The standard InChI is InChI=1S/C19H22BrNO4/c1-13(15-9-16(23-2)19(20)17(10-15)24-3)21-18(22)12-25-11-14-7-5-4-6-8-14/h4-10,13H,11-12H2,1-3H3,(H,21,22)/t13-/m1/s1. The molecule has 0 aliphatic carbocycles. The molecule has 0 fully saturated rings. The SMILES string of the molecule is COc1cc([C@@H](C)NC(=O)COCc2ccccc2)cc(OC)c1Br. The van der Waals surface area contributed by atoms with Crippen LogP contribution in [-0.4, -0.2) is 26.7 Å². The van der Waals surface area contributed by atoms with Crippen molar-refractivity contribution in [2.75, 3.05) is 20.8 Å². The van der Waals surface area contributed by atoms with Crippen molar-refractivity contribution in [1.82, 2.24) is 5.32 Å². The second-order valence-electron chi connectivity index (χ2n) is 5.51. The van der Waals surface area contributed by atoms with Crippen molar-refractivity contribution in [3.63, 3.8) is 0 Å². The Morgan fingerprint density at radius 1 is 1.12 bits per heavy atom. The first-order chi connectivity index (χ1) is 12.0. The fraction of sp³-hybridized carbons (Fsp3) is 0.316. The molecule has 0 bridgehead atoms. The number of hydrogen-bond acceptors (Lipinski definition) is 4. The highest BCUT2D eigenvalue weighted by molar-refractivity contribution is 9.10. The zero-order chi connectivity index (χ0) is 18.2. The van der Waals surface area contributed by atoms with Gasteiger partial charge in [-0.15, -0.1) is 0 Å². The highest BCUT2D eigenvalue weighted by Crippen LogP contribution is 2.37. The molecule has 0 spiro atoms. The van der Waals surface area contributed by atoms with E-state index in [-0.39, 0.29) is 18.6 Å². The molecule has 0 aromatic heterocycles. The van der Waals surface area contributed by atoms with Crippen molar-refractivity contribution in [2.24, 2.45) is 0 Å². The minimum atomic E-state index is -0.205. The third-order valence-corrected chi connectivity index (χ3v) is 4.47. The molecular weight excluding hydrogens is 386 g/mol. The number of ether oxygens (including phenoxy) is 3. The van der Waals surface area contributed by atoms with E-state index in [1.54, 1.807) is 14.2 Å². The number of carbonyl (C=O) groups is 1. The second-order valence-corrected chi connectivity index (χ2v) is 6.30. The van der Waals surface area contributed by atoms with E-state index in [0.29, 0.717) is 18.1 Å². The zero-order valence-corrected chi connectivity index (χ0v) is 16.1. The largest absolute Gasteiger partial charge is 0.495 e. The lowest BCUT2D eigenvalue weighted by Crippen LogP contribution is -2.30. The van der Waals surface area contributed by atoms with Gasteiger partial charge < -0.3 is 19.5 Å². The number of carbonyl (C=O) groups excluding carboxylic acids is 1. The normalized spacial score (nSPS) is 11.7. The fourth-order valence-corrected chi connectivity index (χ4v) is 2.89. The molecular formula is C19H22BrNO4. The quantitative estimate of drug-likeness (QED) is 0.721. The van der Waals surface area contributed by atoms with Crippen LogP contribution < -0.4 is 14.8 Å². The van der Waals surface area contributed by atoms with E-state index in [1.807, 2.05) is 49.4 Å². The first kappa shape index (κ1) is 19.3. The van der Waals surface area contributed by atoms with Gasteiger partial charge in [0.1, 0.15) is 22.6 Å². The van der Waals surface area contributed by atoms with E-state index in [1.165, 1.54) is 0 Å². The Morgan fingerprint density at radius 2 is 1.72 bits per heavy atom. The van der Waals surface area contributed by atoms with Crippen LogP contribution in [0, 0.1) is 0 Å². The number of rotatable bonds is 8. The lowest BCUT2D eigenvalue weighted by molar-refractivity contribution is -0.126. The molecule has 1 N–H and O–H groups in total. The van der Waals surface area contributed by atoms with E-state index in [0.717, 1.165) is 15.6 Å². The number of amides is 1. The van der Waals surface area contributed by atoms with Crippen molar-refractivity contribution in [2.45, 2.75) is 19.6 Å². The van der Waals surface area contributed by atoms with Crippen LogP contribution in [-0.2, 0) is 16.1 Å². The third-order valence-electron chi connectivity index (χ3n) is 3.69. The average Bonchev–Trinajstić information content (AvgIpc) is 2.62. The molecule has 0 heterocycles. The van der Waals surface area contributed by atoms with Gasteiger partial charge in [0, 0.05) is 0 Å². The van der Waals surface area contributed by atoms with E-state index in [2.05, 4.69) is 21.2 Å². The van der Waals surface area contributed by atoms with Crippen LogP contribution in [0.15, 0.2) is 46.9 Å². The molecule has 5 nitrogen and oxygen atoms in total. The van der Waals surface area contributed by atoms with Gasteiger partial charge in [0.05, 0.1) is 26.9 Å². The molecule has 0 aliphatic heterocycles. The number of methoxy groups -OCH3 is 2. The minimum Gasteiger partial charge on any atom is -0.495 e. The summed E-state index contributed by atoms with van der Waals surface area (Å²) >= 11 is 3.43. The summed E-state index contributed by atoms with van der Waals surface area (Å²) in [6.07, 6.45) is 0. The number of nitrogens with one attached hydrogen (secondary N) is 1. The highest BCUT2D eigenvalue weighted by Gasteiger charge is 2.15. The van der Waals surface area contributed by atoms with E-state index in [9.17, 15) is 4.79 Å². The van der Waals surface area contributed by atoms with Crippen molar-refractivity contribution in [3.8, 4) is 11.5 Å². The predicted octanol–water partition coefficient (Wildman–Crippen LogP) is 3.86. The Hall–Kier alpha value is -2.05. The van der Waals surface area contributed by atoms with Crippen LogP contribution in [0.1, 0.15) is 24.1 Å². The van der Waals surface area contributed by atoms with Crippen LogP contribution in [0.5, 0.6) is 11.5 Å². The van der Waals surface area contributed by atoms with Crippen LogP contribution in [0.2, 0.25) is 0 Å². The Morgan fingerprint density at radius 3 is 2.28 bits per heavy atom. The molecule has 1 amide bonds. The summed E-state index contributed by atoms with van der Waals surface area (Å²) in [6.45, 7) is 2.31. The Kier molecular flexibility index (Phi) is 7.28. The predicted molar refractivity (Wildman–Crippen MR) is 99.9 cm³/mol. The van der Waals surface area contributed by atoms with Crippen LogP contribution in [0.4, 0.5) is 0 Å². The molecule has 134 valence electrons. The van der Waals surface area contributed by atoms with Gasteiger partial charge in [0.15, 0.2) is 0 Å². The molecule has 2 aromatic rings.